The molecule has 3 aromatic rings. The smallest absolute Gasteiger partial charge is 0.396 e. The van der Waals surface area contributed by atoms with Crippen LogP contribution >= 0.6 is 0 Å². The van der Waals surface area contributed by atoms with Gasteiger partial charge in [0.2, 0.25) is 0 Å². The molecule has 0 bridgehead atoms. The fourth-order valence-corrected chi connectivity index (χ4v) is 4.36. The van der Waals surface area contributed by atoms with Crippen LogP contribution in [0.1, 0.15) is 53.7 Å². The van der Waals surface area contributed by atoms with Gasteiger partial charge in [-0.25, -0.2) is 0 Å². The Kier molecular flexibility index (Phi) is 17.3. The maximum Gasteiger partial charge on any atom is 0.396 e. The molecule has 18 heteroatoms. The van der Waals surface area contributed by atoms with Crippen LogP contribution < -0.4 is 4.74 Å². The van der Waals surface area contributed by atoms with Crippen molar-refractivity contribution in [2.24, 2.45) is 0 Å². The van der Waals surface area contributed by atoms with Gasteiger partial charge in [0.05, 0.1) is 65.5 Å². The average Bonchev–Trinajstić information content (AvgIpc) is 3.07. The molecule has 1 unspecified atom stereocenters. The van der Waals surface area contributed by atoms with Crippen molar-refractivity contribution in [3.8, 4) is 17.2 Å². The average molecular weight is 759 g/mol. The Bertz CT molecular complexity index is 1510. The van der Waals surface area contributed by atoms with E-state index < -0.39 is 73.5 Å². The van der Waals surface area contributed by atoms with Gasteiger partial charge < -0.3 is 29.2 Å². The van der Waals surface area contributed by atoms with E-state index in [0.29, 0.717) is 5.75 Å². The lowest BCUT2D eigenvalue weighted by atomic mass is 9.95. The normalized spacial score (nSPS) is 13.1. The highest BCUT2D eigenvalue weighted by molar-refractivity contribution is 5.71. The molecule has 0 radical (unpaired) electrons. The SMILES string of the molecule is COC(=O)CC(c1cccc(OC)c1)C(F)(F)F.COC(=O)C[C@@H](c1cccc(O)c1)C(F)(F)F.COC(=O)C[C@H](c1cccc(O)c1)C(F)(F)F. The lowest BCUT2D eigenvalue weighted by Gasteiger charge is -2.20. The van der Waals surface area contributed by atoms with Gasteiger partial charge in [-0.1, -0.05) is 36.4 Å². The summed E-state index contributed by atoms with van der Waals surface area (Å²) < 4.78 is 133. The number of phenolic OH excluding ortho intramolecular Hbond substituents is 2. The number of esters is 3. The van der Waals surface area contributed by atoms with Gasteiger partial charge in [0, 0.05) is 0 Å². The summed E-state index contributed by atoms with van der Waals surface area (Å²) >= 11 is 0. The minimum Gasteiger partial charge on any atom is -0.508 e. The van der Waals surface area contributed by atoms with Crippen molar-refractivity contribution >= 4 is 17.9 Å². The first-order valence-corrected chi connectivity index (χ1v) is 14.7. The van der Waals surface area contributed by atoms with E-state index in [1.54, 1.807) is 0 Å². The number of hydrogen-bond acceptors (Lipinski definition) is 9. The lowest BCUT2D eigenvalue weighted by Crippen LogP contribution is -2.24. The minimum atomic E-state index is -4.57. The minimum absolute atomic E-state index is 0.0211. The molecular formula is C34H35F9O9. The Morgan fingerprint density at radius 3 is 1.06 bits per heavy atom. The fraction of sp³-hybridized carbons (Fsp3) is 0.382. The van der Waals surface area contributed by atoms with E-state index in [-0.39, 0.29) is 28.2 Å². The van der Waals surface area contributed by atoms with Gasteiger partial charge in [0.1, 0.15) is 17.2 Å². The highest BCUT2D eigenvalue weighted by atomic mass is 19.4. The predicted octanol–water partition coefficient (Wildman–Crippen LogP) is 8.11. The first-order chi connectivity index (χ1) is 24.1. The van der Waals surface area contributed by atoms with Gasteiger partial charge in [-0.15, -0.1) is 0 Å². The van der Waals surface area contributed by atoms with Gasteiger partial charge in [0.15, 0.2) is 0 Å². The van der Waals surface area contributed by atoms with E-state index in [1.807, 2.05) is 0 Å². The maximum absolute atomic E-state index is 12.9. The van der Waals surface area contributed by atoms with Crippen LogP contribution in [-0.2, 0) is 28.6 Å². The van der Waals surface area contributed by atoms with Gasteiger partial charge in [-0.05, 0) is 53.1 Å². The van der Waals surface area contributed by atoms with Gasteiger partial charge in [-0.3, -0.25) is 14.4 Å². The van der Waals surface area contributed by atoms with Crippen molar-refractivity contribution in [1.29, 1.82) is 0 Å². The van der Waals surface area contributed by atoms with Crippen LogP contribution in [0.5, 0.6) is 17.2 Å². The number of hydrogen-bond donors (Lipinski definition) is 2. The quantitative estimate of drug-likeness (QED) is 0.120. The molecule has 0 aromatic heterocycles. The van der Waals surface area contributed by atoms with Crippen LogP contribution in [0.25, 0.3) is 0 Å². The van der Waals surface area contributed by atoms with Gasteiger partial charge >= 0.3 is 36.4 Å². The highest BCUT2D eigenvalue weighted by Gasteiger charge is 2.44. The molecule has 9 nitrogen and oxygen atoms in total. The molecule has 0 saturated heterocycles. The molecule has 0 heterocycles. The lowest BCUT2D eigenvalue weighted by molar-refractivity contribution is -0.165. The molecule has 0 aliphatic heterocycles. The molecular weight excluding hydrogens is 723 g/mol. The number of halogens is 9. The third-order valence-corrected chi connectivity index (χ3v) is 7.02. The van der Waals surface area contributed by atoms with Crippen molar-refractivity contribution in [1.82, 2.24) is 0 Å². The molecule has 288 valence electrons. The molecule has 0 aliphatic rings. The summed E-state index contributed by atoms with van der Waals surface area (Å²) in [6, 6.07) is 15.1. The Hall–Kier alpha value is -5.16. The summed E-state index contributed by atoms with van der Waals surface area (Å²) in [5.41, 5.74) is -0.349. The molecule has 52 heavy (non-hydrogen) atoms. The van der Waals surface area contributed by atoms with Crippen molar-refractivity contribution in [3.63, 3.8) is 0 Å². The van der Waals surface area contributed by atoms with Crippen LogP contribution in [0.3, 0.4) is 0 Å². The first kappa shape index (κ1) is 44.9. The van der Waals surface area contributed by atoms with E-state index in [0.717, 1.165) is 33.5 Å². The molecule has 0 saturated carbocycles. The zero-order chi connectivity index (χ0) is 39.9. The molecule has 0 spiro atoms. The topological polar surface area (TPSA) is 129 Å². The summed E-state index contributed by atoms with van der Waals surface area (Å²) in [6.07, 6.45) is -16.0. The first-order valence-electron chi connectivity index (χ1n) is 14.7. The molecule has 3 aromatic carbocycles. The number of phenols is 2. The predicted molar refractivity (Wildman–Crippen MR) is 165 cm³/mol. The molecule has 3 rings (SSSR count). The van der Waals surface area contributed by atoms with Crippen molar-refractivity contribution in [3.05, 3.63) is 89.5 Å². The summed E-state index contributed by atoms with van der Waals surface area (Å²) in [4.78, 5) is 32.9. The van der Waals surface area contributed by atoms with Crippen molar-refractivity contribution < 1.29 is 83.1 Å². The van der Waals surface area contributed by atoms with Gasteiger partial charge in [-0.2, -0.15) is 39.5 Å². The third kappa shape index (κ3) is 15.4. The second-order valence-electron chi connectivity index (χ2n) is 10.6. The summed E-state index contributed by atoms with van der Waals surface area (Å²) in [5.74, 6) is -8.87. The molecule has 0 amide bonds. The Morgan fingerprint density at radius 1 is 0.519 bits per heavy atom. The largest absolute Gasteiger partial charge is 0.508 e. The number of aromatic hydroxyl groups is 2. The summed E-state index contributed by atoms with van der Waals surface area (Å²) in [5, 5.41) is 18.3. The van der Waals surface area contributed by atoms with E-state index >= 15 is 0 Å². The Morgan fingerprint density at radius 2 is 0.808 bits per heavy atom. The number of ether oxygens (including phenoxy) is 4. The number of methoxy groups -OCH3 is 4. The highest BCUT2D eigenvalue weighted by Crippen LogP contribution is 2.40. The summed E-state index contributed by atoms with van der Waals surface area (Å²) in [7, 11) is 4.47. The van der Waals surface area contributed by atoms with Crippen molar-refractivity contribution in [2.45, 2.75) is 55.5 Å². The van der Waals surface area contributed by atoms with Crippen molar-refractivity contribution in [2.75, 3.05) is 28.4 Å². The molecule has 2 N–H and O–H groups in total. The van der Waals surface area contributed by atoms with E-state index in [4.69, 9.17) is 14.9 Å². The van der Waals surface area contributed by atoms with Crippen LogP contribution in [0, 0.1) is 0 Å². The zero-order valence-electron chi connectivity index (χ0n) is 27.9. The standard InChI is InChI=1S/C12H13F3O3.2C11H11F3O3/c1-17-9-5-3-4-8(6-9)10(12(13,14)15)7-11(16)18-2;2*1-17-10(16)6-9(11(12,13)14)7-3-2-4-8(15)5-7/h3-6,10H,7H2,1-2H3;2*2-5,9,15H,6H2,1H3/t;2*9-/m.10/s1. The zero-order valence-corrected chi connectivity index (χ0v) is 27.9. The van der Waals surface area contributed by atoms with Crippen LogP contribution in [-0.4, -0.2) is 75.1 Å². The second kappa shape index (κ2) is 20.0. The maximum atomic E-state index is 12.9. The number of alkyl halides is 9. The number of benzene rings is 3. The number of rotatable bonds is 10. The molecule has 0 fully saturated rings. The Labute approximate surface area is 291 Å². The summed E-state index contributed by atoms with van der Waals surface area (Å²) in [6.45, 7) is 0. The van der Waals surface area contributed by atoms with E-state index in [9.17, 15) is 53.9 Å². The number of carbonyl (C=O) groups is 3. The van der Waals surface area contributed by atoms with E-state index in [2.05, 4.69) is 14.2 Å². The second-order valence-corrected chi connectivity index (χ2v) is 10.6. The van der Waals surface area contributed by atoms with Crippen LogP contribution in [0.2, 0.25) is 0 Å². The fourth-order valence-electron chi connectivity index (χ4n) is 4.36. The van der Waals surface area contributed by atoms with E-state index in [1.165, 1.54) is 67.8 Å². The van der Waals surface area contributed by atoms with Crippen LogP contribution in [0.15, 0.2) is 72.8 Å². The Balaban J connectivity index is 0.000000390. The monoisotopic (exact) mass is 758 g/mol. The molecule has 0 aliphatic carbocycles. The molecule has 3 atom stereocenters. The third-order valence-electron chi connectivity index (χ3n) is 7.02. The number of carbonyl (C=O) groups excluding carboxylic acids is 3. The van der Waals surface area contributed by atoms with Gasteiger partial charge in [0.25, 0.3) is 0 Å². The van der Waals surface area contributed by atoms with Crippen LogP contribution in [0.4, 0.5) is 39.5 Å².